The van der Waals surface area contributed by atoms with Gasteiger partial charge in [-0.3, -0.25) is 0 Å². The fourth-order valence-electron chi connectivity index (χ4n) is 3.46. The number of carboxylic acid groups (broad SMARTS) is 1. The summed E-state index contributed by atoms with van der Waals surface area (Å²) in [4.78, 5) is 11.1. The maximum Gasteiger partial charge on any atom is 0.344 e. The van der Waals surface area contributed by atoms with Gasteiger partial charge < -0.3 is 34.5 Å². The van der Waals surface area contributed by atoms with E-state index in [0.29, 0.717) is 17.1 Å². The van der Waals surface area contributed by atoms with Crippen LogP contribution in [-0.4, -0.2) is 44.6 Å². The van der Waals surface area contributed by atoms with E-state index in [-0.39, 0.29) is 17.1 Å². The number of aliphatic carboxylic acids is 1. The normalized spacial score (nSPS) is 19.5. The van der Waals surface area contributed by atoms with Crippen LogP contribution in [0.1, 0.15) is 11.1 Å². The van der Waals surface area contributed by atoms with Crippen molar-refractivity contribution in [3.63, 3.8) is 0 Å². The van der Waals surface area contributed by atoms with E-state index in [4.69, 9.17) is 18.9 Å². The fraction of sp³-hybridized carbons (Fsp3) is 0.286. The van der Waals surface area contributed by atoms with Crippen LogP contribution in [0.5, 0.6) is 23.0 Å². The zero-order chi connectivity index (χ0) is 21.9. The molecule has 0 amide bonds. The third-order valence-electron chi connectivity index (χ3n) is 5.00. The number of ether oxygens (including phenoxy) is 4. The standard InChI is InChI=1S/C21H23NO7S/c1-26-15-7-5-13(6-8-15)21(22-9-10-30-21)20(25,19(23)24)14-11-16(27-2)18(29-4)17(12-14)28-3/h5-12,22,25H,1-4H3,(H,23,24). The lowest BCUT2D eigenvalue weighted by Crippen LogP contribution is -2.57. The van der Waals surface area contributed by atoms with Crippen molar-refractivity contribution in [2.45, 2.75) is 10.5 Å². The highest BCUT2D eigenvalue weighted by molar-refractivity contribution is 8.03. The second kappa shape index (κ2) is 8.37. The third kappa shape index (κ3) is 3.20. The predicted octanol–water partition coefficient (Wildman–Crippen LogP) is 2.65. The topological polar surface area (TPSA) is 106 Å². The minimum Gasteiger partial charge on any atom is -0.497 e. The number of hydrogen-bond acceptors (Lipinski definition) is 8. The minimum absolute atomic E-state index is 0.0593. The van der Waals surface area contributed by atoms with Gasteiger partial charge in [0.2, 0.25) is 11.4 Å². The molecule has 9 heteroatoms. The van der Waals surface area contributed by atoms with Crippen molar-refractivity contribution in [2.75, 3.05) is 28.4 Å². The van der Waals surface area contributed by atoms with E-state index in [2.05, 4.69) is 5.32 Å². The molecule has 3 rings (SSSR count). The highest BCUT2D eigenvalue weighted by atomic mass is 32.2. The Hall–Kier alpha value is -3.04. The van der Waals surface area contributed by atoms with E-state index < -0.39 is 16.4 Å². The molecule has 2 aromatic carbocycles. The zero-order valence-electron chi connectivity index (χ0n) is 17.0. The van der Waals surface area contributed by atoms with Crippen LogP contribution in [0.2, 0.25) is 0 Å². The molecule has 0 saturated heterocycles. The maximum atomic E-state index is 12.6. The highest BCUT2D eigenvalue weighted by Crippen LogP contribution is 2.54. The van der Waals surface area contributed by atoms with Crippen molar-refractivity contribution in [1.29, 1.82) is 0 Å². The van der Waals surface area contributed by atoms with Gasteiger partial charge in [-0.05, 0) is 35.2 Å². The monoisotopic (exact) mass is 433 g/mol. The SMILES string of the molecule is COc1ccc(C2(C(O)(C(=O)O)c3cc(OC)c(OC)c(OC)c3)NC=CS2)cc1. The van der Waals surface area contributed by atoms with Crippen molar-refractivity contribution in [3.8, 4) is 23.0 Å². The Morgan fingerprint density at radius 3 is 2.00 bits per heavy atom. The summed E-state index contributed by atoms with van der Waals surface area (Å²) in [5, 5.41) is 26.8. The quantitative estimate of drug-likeness (QED) is 0.579. The Morgan fingerprint density at radius 1 is 1.00 bits per heavy atom. The van der Waals surface area contributed by atoms with Crippen molar-refractivity contribution in [1.82, 2.24) is 5.32 Å². The van der Waals surface area contributed by atoms with Gasteiger partial charge in [-0.25, -0.2) is 4.79 Å². The Balaban J connectivity index is 2.27. The summed E-state index contributed by atoms with van der Waals surface area (Å²) < 4.78 is 21.2. The van der Waals surface area contributed by atoms with Crippen LogP contribution in [0.4, 0.5) is 0 Å². The van der Waals surface area contributed by atoms with Gasteiger partial charge in [0.15, 0.2) is 16.4 Å². The molecule has 0 fully saturated rings. The molecular weight excluding hydrogens is 410 g/mol. The number of carbonyl (C=O) groups is 1. The lowest BCUT2D eigenvalue weighted by Gasteiger charge is -2.42. The summed E-state index contributed by atoms with van der Waals surface area (Å²) in [6, 6.07) is 9.68. The fourth-order valence-corrected chi connectivity index (χ4v) is 4.59. The van der Waals surface area contributed by atoms with Crippen LogP contribution in [0.25, 0.3) is 0 Å². The van der Waals surface area contributed by atoms with E-state index in [1.54, 1.807) is 43.0 Å². The molecule has 2 unspecified atom stereocenters. The van der Waals surface area contributed by atoms with Crippen LogP contribution in [-0.2, 0) is 15.3 Å². The molecule has 8 nitrogen and oxygen atoms in total. The molecule has 0 aliphatic carbocycles. The molecule has 0 bridgehead atoms. The lowest BCUT2D eigenvalue weighted by molar-refractivity contribution is -0.165. The van der Waals surface area contributed by atoms with Crippen molar-refractivity contribution >= 4 is 17.7 Å². The largest absolute Gasteiger partial charge is 0.497 e. The van der Waals surface area contributed by atoms with Crippen LogP contribution in [0, 0.1) is 0 Å². The molecule has 2 aromatic rings. The number of nitrogens with one attached hydrogen (secondary N) is 1. The summed E-state index contributed by atoms with van der Waals surface area (Å²) in [7, 11) is 5.83. The number of benzene rings is 2. The first-order chi connectivity index (χ1) is 14.4. The molecule has 30 heavy (non-hydrogen) atoms. The van der Waals surface area contributed by atoms with E-state index in [9.17, 15) is 15.0 Å². The molecule has 3 N–H and O–H groups in total. The average molecular weight is 433 g/mol. The summed E-state index contributed by atoms with van der Waals surface area (Å²) >= 11 is 1.15. The van der Waals surface area contributed by atoms with Crippen molar-refractivity contribution in [2.24, 2.45) is 0 Å². The smallest absolute Gasteiger partial charge is 0.344 e. The lowest BCUT2D eigenvalue weighted by atomic mass is 9.81. The molecule has 1 aliphatic heterocycles. The van der Waals surface area contributed by atoms with Gasteiger partial charge in [-0.2, -0.15) is 0 Å². The van der Waals surface area contributed by atoms with Crippen LogP contribution in [0.3, 0.4) is 0 Å². The summed E-state index contributed by atoms with van der Waals surface area (Å²) in [5.74, 6) is -0.0901. The summed E-state index contributed by atoms with van der Waals surface area (Å²) in [6.45, 7) is 0. The van der Waals surface area contributed by atoms with Crippen LogP contribution in [0.15, 0.2) is 48.0 Å². The minimum atomic E-state index is -2.41. The number of carboxylic acids is 1. The molecule has 1 aliphatic rings. The third-order valence-corrected chi connectivity index (χ3v) is 6.27. The predicted molar refractivity (Wildman–Crippen MR) is 112 cm³/mol. The molecule has 0 spiro atoms. The zero-order valence-corrected chi connectivity index (χ0v) is 17.8. The molecular formula is C21H23NO7S. The highest BCUT2D eigenvalue weighted by Gasteiger charge is 2.60. The first-order valence-corrected chi connectivity index (χ1v) is 9.77. The Morgan fingerprint density at radius 2 is 1.60 bits per heavy atom. The molecule has 0 aromatic heterocycles. The van der Waals surface area contributed by atoms with E-state index >= 15 is 0 Å². The van der Waals surface area contributed by atoms with Crippen LogP contribution < -0.4 is 24.3 Å². The second-order valence-electron chi connectivity index (χ2n) is 6.40. The van der Waals surface area contributed by atoms with Gasteiger partial charge in [0, 0.05) is 11.8 Å². The van der Waals surface area contributed by atoms with E-state index in [1.807, 2.05) is 0 Å². The Bertz CT molecular complexity index is 927. The molecule has 160 valence electrons. The number of aliphatic hydroxyl groups is 1. The molecule has 1 heterocycles. The molecule has 2 atom stereocenters. The van der Waals surface area contributed by atoms with Gasteiger partial charge in [-0.15, -0.1) is 0 Å². The van der Waals surface area contributed by atoms with Gasteiger partial charge in [0.25, 0.3) is 0 Å². The van der Waals surface area contributed by atoms with Gasteiger partial charge in [0.1, 0.15) is 5.75 Å². The van der Waals surface area contributed by atoms with Crippen molar-refractivity contribution < 1.29 is 34.0 Å². The van der Waals surface area contributed by atoms with E-state index in [0.717, 1.165) is 11.8 Å². The Labute approximate surface area is 178 Å². The average Bonchev–Trinajstić information content (AvgIpc) is 3.28. The first-order valence-electron chi connectivity index (χ1n) is 8.89. The van der Waals surface area contributed by atoms with E-state index in [1.165, 1.54) is 33.5 Å². The number of thioether (sulfide) groups is 1. The van der Waals surface area contributed by atoms with Gasteiger partial charge in [0.05, 0.1) is 28.4 Å². The van der Waals surface area contributed by atoms with Gasteiger partial charge in [-0.1, -0.05) is 23.9 Å². The number of hydrogen-bond donors (Lipinski definition) is 3. The number of rotatable bonds is 8. The molecule has 0 radical (unpaired) electrons. The van der Waals surface area contributed by atoms with Crippen LogP contribution >= 0.6 is 11.8 Å². The number of methoxy groups -OCH3 is 4. The van der Waals surface area contributed by atoms with Gasteiger partial charge >= 0.3 is 5.97 Å². The summed E-state index contributed by atoms with van der Waals surface area (Å²) in [5.41, 5.74) is -1.82. The molecule has 0 saturated carbocycles. The first kappa shape index (κ1) is 21.7. The second-order valence-corrected chi connectivity index (χ2v) is 7.52. The van der Waals surface area contributed by atoms with Crippen molar-refractivity contribution in [3.05, 3.63) is 59.1 Å². The Kier molecular flexibility index (Phi) is 6.04. The maximum absolute atomic E-state index is 12.6. The summed E-state index contributed by atoms with van der Waals surface area (Å²) in [6.07, 6.45) is 1.60.